The van der Waals surface area contributed by atoms with Crippen molar-refractivity contribution < 1.29 is 35.9 Å². The second-order valence-electron chi connectivity index (χ2n) is 3.44. The Bertz CT molecular complexity index is 585. The molecule has 1 aromatic carbocycles. The van der Waals surface area contributed by atoms with Gasteiger partial charge in [-0.25, -0.2) is 4.79 Å². The van der Waals surface area contributed by atoms with Gasteiger partial charge in [-0.05, 0) is 12.1 Å². The number of methoxy groups -OCH3 is 1. The number of anilines is 1. The number of carbonyl (C=O) groups is 1. The second-order valence-corrected chi connectivity index (χ2v) is 5.12. The number of hydrogen-bond acceptors (Lipinski definition) is 5. The molecule has 0 aliphatic carbocycles. The average molecular weight is 313 g/mol. The molecule has 0 saturated heterocycles. The van der Waals surface area contributed by atoms with Crippen LogP contribution < -0.4 is 9.46 Å². The SMILES string of the molecule is COC(=O)COc1cccc(NS(=O)(=O)C(F)(F)F)c1. The molecule has 20 heavy (non-hydrogen) atoms. The van der Waals surface area contributed by atoms with Crippen molar-refractivity contribution in [3.63, 3.8) is 0 Å². The predicted octanol–water partition coefficient (Wildman–Crippen LogP) is 1.50. The maximum absolute atomic E-state index is 12.2. The molecule has 0 atom stereocenters. The van der Waals surface area contributed by atoms with Gasteiger partial charge in [0, 0.05) is 6.07 Å². The van der Waals surface area contributed by atoms with Crippen LogP contribution in [0.4, 0.5) is 18.9 Å². The van der Waals surface area contributed by atoms with Crippen molar-refractivity contribution in [3.05, 3.63) is 24.3 Å². The summed E-state index contributed by atoms with van der Waals surface area (Å²) in [6.45, 7) is -0.452. The van der Waals surface area contributed by atoms with E-state index in [0.29, 0.717) is 0 Å². The summed E-state index contributed by atoms with van der Waals surface area (Å²) in [5.74, 6) is -0.677. The number of carbonyl (C=O) groups excluding carboxylic acids is 1. The molecule has 0 amide bonds. The molecular formula is C10H10F3NO5S. The van der Waals surface area contributed by atoms with Crippen LogP contribution in [0.5, 0.6) is 5.75 Å². The molecule has 0 bridgehead atoms. The quantitative estimate of drug-likeness (QED) is 0.833. The number of halogens is 3. The topological polar surface area (TPSA) is 81.7 Å². The first-order chi connectivity index (χ1) is 9.15. The van der Waals surface area contributed by atoms with E-state index in [0.717, 1.165) is 19.2 Å². The first kappa shape index (κ1) is 16.1. The number of nitrogens with one attached hydrogen (secondary N) is 1. The minimum Gasteiger partial charge on any atom is -0.482 e. The van der Waals surface area contributed by atoms with Gasteiger partial charge in [0.05, 0.1) is 12.8 Å². The van der Waals surface area contributed by atoms with Gasteiger partial charge in [-0.3, -0.25) is 4.72 Å². The van der Waals surface area contributed by atoms with Gasteiger partial charge in [-0.2, -0.15) is 21.6 Å². The number of hydrogen-bond donors (Lipinski definition) is 1. The normalized spacial score (nSPS) is 11.8. The summed E-state index contributed by atoms with van der Waals surface area (Å²) in [5, 5.41) is 0. The molecule has 1 N–H and O–H groups in total. The van der Waals surface area contributed by atoms with Crippen LogP contribution in [0, 0.1) is 0 Å². The lowest BCUT2D eigenvalue weighted by atomic mass is 10.3. The van der Waals surface area contributed by atoms with Gasteiger partial charge in [0.15, 0.2) is 6.61 Å². The molecule has 0 aromatic heterocycles. The van der Waals surface area contributed by atoms with E-state index in [1.165, 1.54) is 16.9 Å². The number of rotatable bonds is 5. The van der Waals surface area contributed by atoms with Gasteiger partial charge in [0.2, 0.25) is 0 Å². The Hall–Kier alpha value is -1.97. The van der Waals surface area contributed by atoms with E-state index in [9.17, 15) is 26.4 Å². The minimum absolute atomic E-state index is 0.0118. The smallest absolute Gasteiger partial charge is 0.482 e. The summed E-state index contributed by atoms with van der Waals surface area (Å²) in [5.41, 5.74) is -5.76. The lowest BCUT2D eigenvalue weighted by Gasteiger charge is -2.11. The number of benzene rings is 1. The third-order valence-electron chi connectivity index (χ3n) is 1.98. The third-order valence-corrected chi connectivity index (χ3v) is 3.09. The van der Waals surface area contributed by atoms with Crippen LogP contribution in [-0.4, -0.2) is 33.6 Å². The zero-order valence-electron chi connectivity index (χ0n) is 10.1. The fourth-order valence-corrected chi connectivity index (χ4v) is 1.62. The molecule has 0 heterocycles. The Balaban J connectivity index is 2.82. The molecule has 0 radical (unpaired) electrons. The summed E-state index contributed by atoms with van der Waals surface area (Å²) >= 11 is 0. The number of alkyl halides is 3. The number of esters is 1. The number of sulfonamides is 1. The van der Waals surface area contributed by atoms with Crippen LogP contribution >= 0.6 is 0 Å². The molecule has 0 aliphatic heterocycles. The standard InChI is InChI=1S/C10H10F3NO5S/c1-18-9(15)6-19-8-4-2-3-7(5-8)14-20(16,17)10(11,12)13/h2-5,14H,6H2,1H3. The van der Waals surface area contributed by atoms with Gasteiger partial charge in [0.1, 0.15) is 5.75 Å². The van der Waals surface area contributed by atoms with Crippen molar-refractivity contribution in [2.45, 2.75) is 5.51 Å². The zero-order chi connectivity index (χ0) is 15.4. The van der Waals surface area contributed by atoms with Crippen LogP contribution in [0.15, 0.2) is 24.3 Å². The molecule has 0 aliphatic rings. The highest BCUT2D eigenvalue weighted by atomic mass is 32.2. The molecule has 0 unspecified atom stereocenters. The predicted molar refractivity (Wildman–Crippen MR) is 62.6 cm³/mol. The van der Waals surface area contributed by atoms with Crippen LogP contribution in [0.25, 0.3) is 0 Å². The molecule has 0 fully saturated rings. The van der Waals surface area contributed by atoms with Crippen LogP contribution in [0.3, 0.4) is 0 Å². The van der Waals surface area contributed by atoms with Crippen LogP contribution in [0.2, 0.25) is 0 Å². The fraction of sp³-hybridized carbons (Fsp3) is 0.300. The Morgan fingerprint density at radius 1 is 1.35 bits per heavy atom. The summed E-state index contributed by atoms with van der Waals surface area (Å²) < 4.78 is 68.9. The maximum Gasteiger partial charge on any atom is 0.516 e. The first-order valence-corrected chi connectivity index (χ1v) is 6.53. The van der Waals surface area contributed by atoms with E-state index >= 15 is 0 Å². The highest BCUT2D eigenvalue weighted by Crippen LogP contribution is 2.26. The van der Waals surface area contributed by atoms with Crippen LogP contribution in [-0.2, 0) is 19.6 Å². The molecule has 0 spiro atoms. The average Bonchev–Trinajstić information content (AvgIpc) is 2.34. The third kappa shape index (κ3) is 4.30. The van der Waals surface area contributed by atoms with E-state index in [4.69, 9.17) is 4.74 Å². The Morgan fingerprint density at radius 2 is 2.00 bits per heavy atom. The van der Waals surface area contributed by atoms with E-state index in [1.807, 2.05) is 0 Å². The van der Waals surface area contributed by atoms with Crippen LogP contribution in [0.1, 0.15) is 0 Å². The zero-order valence-corrected chi connectivity index (χ0v) is 10.9. The highest BCUT2D eigenvalue weighted by molar-refractivity contribution is 7.93. The maximum atomic E-state index is 12.2. The van der Waals surface area contributed by atoms with Gasteiger partial charge in [-0.1, -0.05) is 6.07 Å². The number of ether oxygens (including phenoxy) is 2. The van der Waals surface area contributed by atoms with E-state index in [2.05, 4.69) is 4.74 Å². The van der Waals surface area contributed by atoms with E-state index < -0.39 is 28.1 Å². The highest BCUT2D eigenvalue weighted by Gasteiger charge is 2.46. The van der Waals surface area contributed by atoms with Crippen molar-refractivity contribution in [3.8, 4) is 5.75 Å². The molecular weight excluding hydrogens is 303 g/mol. The van der Waals surface area contributed by atoms with Crippen molar-refractivity contribution in [2.75, 3.05) is 18.4 Å². The molecule has 10 heteroatoms. The Kier molecular flexibility index (Phi) is 4.82. The monoisotopic (exact) mass is 313 g/mol. The molecule has 6 nitrogen and oxygen atoms in total. The van der Waals surface area contributed by atoms with Gasteiger partial charge in [0.25, 0.3) is 0 Å². The van der Waals surface area contributed by atoms with Gasteiger partial charge < -0.3 is 9.47 Å². The summed E-state index contributed by atoms with van der Waals surface area (Å²) in [7, 11) is -4.36. The lowest BCUT2D eigenvalue weighted by molar-refractivity contribution is -0.142. The lowest BCUT2D eigenvalue weighted by Crippen LogP contribution is -2.29. The first-order valence-electron chi connectivity index (χ1n) is 5.04. The van der Waals surface area contributed by atoms with E-state index in [-0.39, 0.29) is 11.4 Å². The van der Waals surface area contributed by atoms with Crippen molar-refractivity contribution in [2.24, 2.45) is 0 Å². The van der Waals surface area contributed by atoms with Gasteiger partial charge in [-0.15, -0.1) is 0 Å². The largest absolute Gasteiger partial charge is 0.516 e. The minimum atomic E-state index is -5.50. The Labute approximate surface area is 112 Å². The van der Waals surface area contributed by atoms with E-state index in [1.54, 1.807) is 0 Å². The molecule has 1 rings (SSSR count). The Morgan fingerprint density at radius 3 is 2.55 bits per heavy atom. The molecule has 1 aromatic rings. The molecule has 112 valence electrons. The molecule has 0 saturated carbocycles. The van der Waals surface area contributed by atoms with Crippen molar-refractivity contribution in [1.29, 1.82) is 0 Å². The van der Waals surface area contributed by atoms with Crippen molar-refractivity contribution in [1.82, 2.24) is 0 Å². The second kappa shape index (κ2) is 5.99. The summed E-state index contributed by atoms with van der Waals surface area (Å²) in [4.78, 5) is 10.8. The fourth-order valence-electron chi connectivity index (χ4n) is 1.06. The van der Waals surface area contributed by atoms with Crippen molar-refractivity contribution >= 4 is 21.7 Å². The van der Waals surface area contributed by atoms with Gasteiger partial charge >= 0.3 is 21.5 Å². The summed E-state index contributed by atoms with van der Waals surface area (Å²) in [6.07, 6.45) is 0. The summed E-state index contributed by atoms with van der Waals surface area (Å²) in [6, 6.07) is 4.72.